The lowest BCUT2D eigenvalue weighted by Gasteiger charge is -2.11. The normalized spacial score (nSPS) is 12.1. The van der Waals surface area contributed by atoms with Crippen molar-refractivity contribution in [3.05, 3.63) is 60.3 Å². The van der Waals surface area contributed by atoms with E-state index in [1.165, 1.54) is 30.2 Å². The molecule has 0 unspecified atom stereocenters. The van der Waals surface area contributed by atoms with Gasteiger partial charge in [0.15, 0.2) is 0 Å². The van der Waals surface area contributed by atoms with Crippen LogP contribution in [0.2, 0.25) is 0 Å². The van der Waals surface area contributed by atoms with Crippen molar-refractivity contribution in [2.24, 2.45) is 0 Å². The molecule has 1 N–H and O–H groups in total. The zero-order valence-electron chi connectivity index (χ0n) is 15.3. The molecule has 144 valence electrons. The lowest BCUT2D eigenvalue weighted by Crippen LogP contribution is -2.22. The summed E-state index contributed by atoms with van der Waals surface area (Å²) in [5.41, 5.74) is 2.72. The van der Waals surface area contributed by atoms with Gasteiger partial charge in [-0.2, -0.15) is 0 Å². The number of nitrogens with one attached hydrogen (secondary N) is 1. The van der Waals surface area contributed by atoms with Crippen LogP contribution in [0.1, 0.15) is 5.56 Å². The van der Waals surface area contributed by atoms with Crippen LogP contribution in [-0.2, 0) is 15.8 Å². The molecule has 2 aromatic carbocycles. The summed E-state index contributed by atoms with van der Waals surface area (Å²) in [6.45, 7) is 0. The molecule has 4 aromatic rings. The Hall–Kier alpha value is -2.62. The van der Waals surface area contributed by atoms with Crippen molar-refractivity contribution in [2.75, 3.05) is 14.1 Å². The lowest BCUT2D eigenvalue weighted by molar-refractivity contribution is 0.466. The molecule has 28 heavy (non-hydrogen) atoms. The van der Waals surface area contributed by atoms with Crippen LogP contribution < -0.4 is 0 Å². The topological polar surface area (TPSA) is 92.1 Å². The van der Waals surface area contributed by atoms with Crippen LogP contribution in [0.15, 0.2) is 69.3 Å². The highest BCUT2D eigenvalue weighted by atomic mass is 32.2. The molecule has 0 saturated carbocycles. The summed E-state index contributed by atoms with van der Waals surface area (Å²) in [6.07, 6.45) is 1.85. The highest BCUT2D eigenvalue weighted by Gasteiger charge is 2.18. The van der Waals surface area contributed by atoms with E-state index in [1.807, 2.05) is 36.5 Å². The van der Waals surface area contributed by atoms with Crippen molar-refractivity contribution in [2.45, 2.75) is 15.9 Å². The quantitative estimate of drug-likeness (QED) is 0.483. The van der Waals surface area contributed by atoms with Gasteiger partial charge in [-0.3, -0.25) is 0 Å². The second-order valence-corrected chi connectivity index (χ2v) is 9.42. The Morgan fingerprint density at radius 3 is 2.75 bits per heavy atom. The number of aromatic nitrogens is 3. The Kier molecular flexibility index (Phi) is 4.96. The van der Waals surface area contributed by atoms with Gasteiger partial charge in [-0.1, -0.05) is 42.1 Å². The molecule has 0 atom stereocenters. The molecule has 0 fully saturated rings. The summed E-state index contributed by atoms with van der Waals surface area (Å²) in [5, 5.41) is 9.69. The third-order valence-electron chi connectivity index (χ3n) is 4.27. The van der Waals surface area contributed by atoms with Gasteiger partial charge in [-0.05, 0) is 23.8 Å². The second kappa shape index (κ2) is 7.42. The minimum absolute atomic E-state index is 0.264. The maximum atomic E-state index is 12.3. The first-order valence-corrected chi connectivity index (χ1v) is 10.9. The van der Waals surface area contributed by atoms with Gasteiger partial charge in [0, 0.05) is 36.9 Å². The minimum atomic E-state index is -3.46. The summed E-state index contributed by atoms with van der Waals surface area (Å²) in [5.74, 6) is 0.968. The number of nitrogens with zero attached hydrogens (tertiary/aromatic N) is 3. The van der Waals surface area contributed by atoms with Crippen molar-refractivity contribution >= 4 is 32.7 Å². The maximum Gasteiger partial charge on any atom is 0.277 e. The van der Waals surface area contributed by atoms with Gasteiger partial charge in [0.1, 0.15) is 0 Å². The van der Waals surface area contributed by atoms with Crippen LogP contribution in [0.3, 0.4) is 0 Å². The minimum Gasteiger partial charge on any atom is -0.411 e. The zero-order valence-corrected chi connectivity index (χ0v) is 16.9. The van der Waals surface area contributed by atoms with Gasteiger partial charge in [0.25, 0.3) is 11.1 Å². The van der Waals surface area contributed by atoms with Crippen molar-refractivity contribution in [1.82, 2.24) is 19.5 Å². The molecule has 4 rings (SSSR count). The standard InChI is InChI=1S/C19H18N4O3S2/c1-23(2)28(24,25)14-7-5-6-13(10-14)12-27-19-22-21-18(26-19)16-11-20-17-9-4-3-8-15(16)17/h3-11,20H,12H2,1-2H3. The summed E-state index contributed by atoms with van der Waals surface area (Å²) >= 11 is 1.37. The van der Waals surface area contributed by atoms with E-state index in [9.17, 15) is 8.42 Å². The molecule has 7 nitrogen and oxygen atoms in total. The number of para-hydroxylation sites is 1. The van der Waals surface area contributed by atoms with E-state index in [4.69, 9.17) is 4.42 Å². The van der Waals surface area contributed by atoms with Gasteiger partial charge in [-0.15, -0.1) is 10.2 Å². The van der Waals surface area contributed by atoms with E-state index >= 15 is 0 Å². The van der Waals surface area contributed by atoms with Crippen molar-refractivity contribution in [1.29, 1.82) is 0 Å². The fourth-order valence-corrected chi connectivity index (χ4v) is 4.46. The van der Waals surface area contributed by atoms with Crippen molar-refractivity contribution < 1.29 is 12.8 Å². The number of aromatic amines is 1. The first-order valence-electron chi connectivity index (χ1n) is 8.49. The molecule has 2 aromatic heterocycles. The fraction of sp³-hybridized carbons (Fsp3) is 0.158. The number of fused-ring (bicyclic) bond motifs is 1. The van der Waals surface area contributed by atoms with Crippen LogP contribution in [0.5, 0.6) is 0 Å². The third-order valence-corrected chi connectivity index (χ3v) is 6.97. The molecular formula is C19H18N4O3S2. The van der Waals surface area contributed by atoms with Crippen LogP contribution in [0, 0.1) is 0 Å². The molecule has 0 aliphatic carbocycles. The number of thioether (sulfide) groups is 1. The van der Waals surface area contributed by atoms with Gasteiger partial charge in [0.2, 0.25) is 10.0 Å². The first-order chi connectivity index (χ1) is 13.4. The fourth-order valence-electron chi connectivity index (χ4n) is 2.78. The summed E-state index contributed by atoms with van der Waals surface area (Å²) in [6, 6.07) is 14.8. The number of H-pyrrole nitrogens is 1. The number of sulfonamides is 1. The lowest BCUT2D eigenvalue weighted by atomic mass is 10.2. The smallest absolute Gasteiger partial charge is 0.277 e. The summed E-state index contributed by atoms with van der Waals surface area (Å²) < 4.78 is 31.5. The molecular weight excluding hydrogens is 396 g/mol. The number of benzene rings is 2. The van der Waals surface area contributed by atoms with E-state index < -0.39 is 10.0 Å². The molecule has 0 aliphatic rings. The first kappa shape index (κ1) is 18.7. The summed E-state index contributed by atoms with van der Waals surface area (Å²) in [4.78, 5) is 3.45. The Morgan fingerprint density at radius 2 is 1.93 bits per heavy atom. The Bertz CT molecular complexity index is 1230. The molecule has 0 radical (unpaired) electrons. The Balaban J connectivity index is 1.51. The average Bonchev–Trinajstić information content (AvgIpc) is 3.33. The Labute approximate surface area is 166 Å². The SMILES string of the molecule is CN(C)S(=O)(=O)c1cccc(CSc2nnc(-c3c[nH]c4ccccc34)o2)c1. The molecule has 0 spiro atoms. The van der Waals surface area contributed by atoms with Gasteiger partial charge < -0.3 is 9.40 Å². The van der Waals surface area contributed by atoms with E-state index in [1.54, 1.807) is 18.2 Å². The van der Waals surface area contributed by atoms with Crippen molar-refractivity contribution in [3.63, 3.8) is 0 Å². The van der Waals surface area contributed by atoms with Crippen LogP contribution >= 0.6 is 11.8 Å². The third kappa shape index (κ3) is 3.56. The van der Waals surface area contributed by atoms with E-state index in [0.717, 1.165) is 22.0 Å². The molecule has 0 amide bonds. The average molecular weight is 415 g/mol. The van der Waals surface area contributed by atoms with Gasteiger partial charge >= 0.3 is 0 Å². The number of rotatable bonds is 6. The highest BCUT2D eigenvalue weighted by Crippen LogP contribution is 2.30. The van der Waals surface area contributed by atoms with E-state index in [2.05, 4.69) is 15.2 Å². The maximum absolute atomic E-state index is 12.3. The number of hydrogen-bond acceptors (Lipinski definition) is 6. The molecule has 9 heteroatoms. The van der Waals surface area contributed by atoms with Crippen LogP contribution in [0.4, 0.5) is 0 Å². The largest absolute Gasteiger partial charge is 0.411 e. The predicted molar refractivity (Wildman–Crippen MR) is 108 cm³/mol. The molecule has 0 bridgehead atoms. The number of hydrogen-bond donors (Lipinski definition) is 1. The predicted octanol–water partition coefficient (Wildman–Crippen LogP) is 3.76. The Morgan fingerprint density at radius 1 is 1.11 bits per heavy atom. The molecule has 2 heterocycles. The van der Waals surface area contributed by atoms with Crippen molar-refractivity contribution in [3.8, 4) is 11.5 Å². The van der Waals surface area contributed by atoms with Crippen LogP contribution in [0.25, 0.3) is 22.4 Å². The van der Waals surface area contributed by atoms with Crippen LogP contribution in [-0.4, -0.2) is 42.0 Å². The molecule has 0 saturated heterocycles. The van der Waals surface area contributed by atoms with Gasteiger partial charge in [-0.25, -0.2) is 12.7 Å². The van der Waals surface area contributed by atoms with Gasteiger partial charge in [0.05, 0.1) is 10.5 Å². The summed E-state index contributed by atoms with van der Waals surface area (Å²) in [7, 11) is -0.429. The molecule has 0 aliphatic heterocycles. The monoisotopic (exact) mass is 414 g/mol. The second-order valence-electron chi connectivity index (χ2n) is 6.34. The van der Waals surface area contributed by atoms with E-state index in [-0.39, 0.29) is 4.90 Å². The zero-order chi connectivity index (χ0) is 19.7. The highest BCUT2D eigenvalue weighted by molar-refractivity contribution is 7.98. The van der Waals surface area contributed by atoms with E-state index in [0.29, 0.717) is 16.9 Å².